The second kappa shape index (κ2) is 9.05. The van der Waals surface area contributed by atoms with Crippen LogP contribution in [0.5, 0.6) is 0 Å². The lowest BCUT2D eigenvalue weighted by molar-refractivity contribution is -0.132. The second-order valence-electron chi connectivity index (χ2n) is 5.93. The third-order valence-electron chi connectivity index (χ3n) is 4.39. The van der Waals surface area contributed by atoms with Crippen molar-refractivity contribution < 1.29 is 18.3 Å². The zero-order valence-electron chi connectivity index (χ0n) is 14.2. The van der Waals surface area contributed by atoms with Gasteiger partial charge in [0.05, 0.1) is 13.2 Å². The van der Waals surface area contributed by atoms with Crippen molar-refractivity contribution in [1.29, 1.82) is 0 Å². The monoisotopic (exact) mass is 341 g/mol. The number of amides is 1. The molecule has 1 aliphatic heterocycles. The van der Waals surface area contributed by atoms with Gasteiger partial charge in [0.15, 0.2) is 0 Å². The minimum atomic E-state index is -0.570. The fraction of sp³-hybridized carbons (Fsp3) is 0.588. The highest BCUT2D eigenvalue weighted by Crippen LogP contribution is 2.24. The van der Waals surface area contributed by atoms with Crippen LogP contribution >= 0.6 is 0 Å². The lowest BCUT2D eigenvalue weighted by Gasteiger charge is -2.38. The second-order valence-corrected chi connectivity index (χ2v) is 5.93. The summed E-state index contributed by atoms with van der Waals surface area (Å²) in [6.45, 7) is 5.97. The number of halogens is 2. The first-order chi connectivity index (χ1) is 11.5. The number of hydrogen-bond donors (Lipinski definition) is 1. The van der Waals surface area contributed by atoms with Gasteiger partial charge >= 0.3 is 0 Å². The fourth-order valence-electron chi connectivity index (χ4n) is 2.88. The minimum absolute atomic E-state index is 0.0615. The number of methoxy groups -OCH3 is 1. The van der Waals surface area contributed by atoms with E-state index in [1.807, 2.05) is 11.8 Å². The Bertz CT molecular complexity index is 549. The van der Waals surface area contributed by atoms with Crippen LogP contribution in [0.4, 0.5) is 8.78 Å². The number of benzene rings is 1. The van der Waals surface area contributed by atoms with Gasteiger partial charge in [0, 0.05) is 57.5 Å². The first kappa shape index (κ1) is 18.8. The minimum Gasteiger partial charge on any atom is -0.383 e. The molecule has 1 fully saturated rings. The van der Waals surface area contributed by atoms with Crippen molar-refractivity contribution in [2.45, 2.75) is 13.0 Å². The van der Waals surface area contributed by atoms with E-state index >= 15 is 0 Å². The molecule has 1 aromatic rings. The molecule has 0 spiro atoms. The molecule has 0 aliphatic carbocycles. The summed E-state index contributed by atoms with van der Waals surface area (Å²) < 4.78 is 31.9. The summed E-state index contributed by atoms with van der Waals surface area (Å²) in [7, 11) is 1.62. The van der Waals surface area contributed by atoms with Crippen molar-refractivity contribution in [2.75, 3.05) is 53.0 Å². The van der Waals surface area contributed by atoms with E-state index in [9.17, 15) is 13.6 Å². The third kappa shape index (κ3) is 4.96. The SMILES string of the molecule is COCCNCC(=O)N1CCN(C(C)c2ccc(F)cc2F)CC1. The number of nitrogens with one attached hydrogen (secondary N) is 1. The molecule has 7 heteroatoms. The van der Waals surface area contributed by atoms with Crippen LogP contribution in [-0.4, -0.2) is 68.7 Å². The van der Waals surface area contributed by atoms with E-state index in [-0.39, 0.29) is 11.9 Å². The van der Waals surface area contributed by atoms with Gasteiger partial charge in [0.2, 0.25) is 5.91 Å². The average Bonchev–Trinajstić information content (AvgIpc) is 2.58. The third-order valence-corrected chi connectivity index (χ3v) is 4.39. The molecule has 1 heterocycles. The summed E-state index contributed by atoms with van der Waals surface area (Å²) in [4.78, 5) is 16.0. The van der Waals surface area contributed by atoms with Crippen LogP contribution < -0.4 is 5.32 Å². The molecule has 0 aromatic heterocycles. The summed E-state index contributed by atoms with van der Waals surface area (Å²) in [5.41, 5.74) is 0.484. The Balaban J connectivity index is 1.82. The van der Waals surface area contributed by atoms with Crippen LogP contribution in [0.25, 0.3) is 0 Å². The van der Waals surface area contributed by atoms with Crippen molar-refractivity contribution in [1.82, 2.24) is 15.1 Å². The molecule has 134 valence electrons. The van der Waals surface area contributed by atoms with Gasteiger partial charge in [-0.05, 0) is 13.0 Å². The molecule has 1 atom stereocenters. The lowest BCUT2D eigenvalue weighted by atomic mass is 10.1. The Morgan fingerprint density at radius 3 is 2.62 bits per heavy atom. The molecule has 0 radical (unpaired) electrons. The summed E-state index contributed by atoms with van der Waals surface area (Å²) in [5.74, 6) is -1.03. The number of nitrogens with zero attached hydrogens (tertiary/aromatic N) is 2. The molecule has 1 unspecified atom stereocenters. The molecular weight excluding hydrogens is 316 g/mol. The molecule has 2 rings (SSSR count). The van der Waals surface area contributed by atoms with E-state index in [4.69, 9.17) is 4.74 Å². The normalized spacial score (nSPS) is 17.1. The van der Waals surface area contributed by atoms with Crippen molar-refractivity contribution in [3.63, 3.8) is 0 Å². The molecule has 1 N–H and O–H groups in total. The van der Waals surface area contributed by atoms with E-state index in [0.717, 1.165) is 6.07 Å². The van der Waals surface area contributed by atoms with E-state index in [2.05, 4.69) is 10.2 Å². The summed E-state index contributed by atoms with van der Waals surface area (Å²) in [5, 5.41) is 3.04. The van der Waals surface area contributed by atoms with Crippen LogP contribution in [0.2, 0.25) is 0 Å². The molecule has 0 saturated carbocycles. The zero-order valence-corrected chi connectivity index (χ0v) is 14.2. The Kier molecular flexibility index (Phi) is 7.08. The molecule has 24 heavy (non-hydrogen) atoms. The van der Waals surface area contributed by atoms with Crippen molar-refractivity contribution in [3.05, 3.63) is 35.4 Å². The maximum Gasteiger partial charge on any atom is 0.236 e. The van der Waals surface area contributed by atoms with E-state index in [1.165, 1.54) is 12.1 Å². The highest BCUT2D eigenvalue weighted by Gasteiger charge is 2.25. The van der Waals surface area contributed by atoms with Gasteiger partial charge in [0.25, 0.3) is 0 Å². The first-order valence-electron chi connectivity index (χ1n) is 8.19. The largest absolute Gasteiger partial charge is 0.383 e. The molecule has 1 aliphatic rings. The highest BCUT2D eigenvalue weighted by molar-refractivity contribution is 5.78. The maximum absolute atomic E-state index is 13.9. The Morgan fingerprint density at radius 1 is 1.29 bits per heavy atom. The van der Waals surface area contributed by atoms with Crippen LogP contribution in [0, 0.1) is 11.6 Å². The smallest absolute Gasteiger partial charge is 0.236 e. The summed E-state index contributed by atoms with van der Waals surface area (Å²) in [6.07, 6.45) is 0. The standard InChI is InChI=1S/C17H25F2N3O2/c1-13(15-4-3-14(18)11-16(15)19)21-6-8-22(9-7-21)17(23)12-20-5-10-24-2/h3-4,11,13,20H,5-10,12H2,1-2H3. The molecular formula is C17H25F2N3O2. The first-order valence-corrected chi connectivity index (χ1v) is 8.19. The number of hydrogen-bond acceptors (Lipinski definition) is 4. The Morgan fingerprint density at radius 2 is 2.00 bits per heavy atom. The molecule has 0 bridgehead atoms. The van der Waals surface area contributed by atoms with Gasteiger partial charge in [-0.15, -0.1) is 0 Å². The highest BCUT2D eigenvalue weighted by atomic mass is 19.1. The number of carbonyl (C=O) groups excluding carboxylic acids is 1. The van der Waals surface area contributed by atoms with E-state index in [0.29, 0.717) is 51.4 Å². The average molecular weight is 341 g/mol. The maximum atomic E-state index is 13.9. The van der Waals surface area contributed by atoms with Crippen LogP contribution in [0.1, 0.15) is 18.5 Å². The number of piperazine rings is 1. The van der Waals surface area contributed by atoms with Crippen molar-refractivity contribution >= 4 is 5.91 Å². The van der Waals surface area contributed by atoms with E-state index in [1.54, 1.807) is 7.11 Å². The van der Waals surface area contributed by atoms with Crippen LogP contribution in [0.15, 0.2) is 18.2 Å². The topological polar surface area (TPSA) is 44.8 Å². The van der Waals surface area contributed by atoms with Gasteiger partial charge in [-0.25, -0.2) is 8.78 Å². The Hall–Kier alpha value is -1.57. The predicted octanol–water partition coefficient (Wildman–Crippen LogP) is 1.41. The van der Waals surface area contributed by atoms with Crippen LogP contribution in [-0.2, 0) is 9.53 Å². The van der Waals surface area contributed by atoms with Gasteiger partial charge in [-0.2, -0.15) is 0 Å². The van der Waals surface area contributed by atoms with Crippen molar-refractivity contribution in [2.24, 2.45) is 0 Å². The zero-order chi connectivity index (χ0) is 17.5. The van der Waals surface area contributed by atoms with Gasteiger partial charge in [-0.1, -0.05) is 6.07 Å². The quantitative estimate of drug-likeness (QED) is 0.762. The molecule has 1 amide bonds. The van der Waals surface area contributed by atoms with Gasteiger partial charge in [0.1, 0.15) is 11.6 Å². The number of rotatable bonds is 7. The van der Waals surface area contributed by atoms with Crippen LogP contribution in [0.3, 0.4) is 0 Å². The van der Waals surface area contributed by atoms with E-state index < -0.39 is 11.6 Å². The predicted molar refractivity (Wildman–Crippen MR) is 87.7 cm³/mol. The molecule has 1 aromatic carbocycles. The van der Waals surface area contributed by atoms with Gasteiger partial charge in [-0.3, -0.25) is 9.69 Å². The molecule has 1 saturated heterocycles. The lowest BCUT2D eigenvalue weighted by Crippen LogP contribution is -2.51. The van der Waals surface area contributed by atoms with Gasteiger partial charge < -0.3 is 15.0 Å². The number of carbonyl (C=O) groups is 1. The van der Waals surface area contributed by atoms with Crippen molar-refractivity contribution in [3.8, 4) is 0 Å². The Labute approximate surface area is 141 Å². The number of ether oxygens (including phenoxy) is 1. The fourth-order valence-corrected chi connectivity index (χ4v) is 2.88. The summed E-state index contributed by atoms with van der Waals surface area (Å²) >= 11 is 0. The summed E-state index contributed by atoms with van der Waals surface area (Å²) in [6, 6.07) is 3.53. The molecule has 5 nitrogen and oxygen atoms in total.